The number of rotatable bonds is 19. The second-order valence-corrected chi connectivity index (χ2v) is 10.6. The average molecular weight is 503 g/mol. The van der Waals surface area contributed by atoms with Crippen molar-refractivity contribution >= 4 is 0 Å². The van der Waals surface area contributed by atoms with Crippen molar-refractivity contribution in [3.05, 3.63) is 59.7 Å². The van der Waals surface area contributed by atoms with Crippen molar-refractivity contribution in [2.45, 2.75) is 123 Å². The summed E-state index contributed by atoms with van der Waals surface area (Å²) in [4.78, 5) is 0. The summed E-state index contributed by atoms with van der Waals surface area (Å²) in [6.07, 6.45) is 21.1. The van der Waals surface area contributed by atoms with Crippen LogP contribution in [0.3, 0.4) is 0 Å². The Labute approximate surface area is 226 Å². The number of nitrogens with two attached hydrogens (primary N) is 1. The highest BCUT2D eigenvalue weighted by Gasteiger charge is 2.14. The summed E-state index contributed by atoms with van der Waals surface area (Å²) in [6.45, 7) is 4.91. The minimum Gasteiger partial charge on any atom is -0.313 e. The van der Waals surface area contributed by atoms with Crippen LogP contribution in [0.2, 0.25) is 0 Å². The largest absolute Gasteiger partial charge is 0.313 e. The number of unbranched alkanes of at least 4 members (excludes halogenated alkanes) is 12. The number of nitrogens with zero attached hydrogens (tertiary/aromatic N) is 3. The minimum absolute atomic E-state index is 0.358. The van der Waals surface area contributed by atoms with Crippen LogP contribution in [0.1, 0.15) is 115 Å². The van der Waals surface area contributed by atoms with Crippen LogP contribution in [0.4, 0.5) is 0 Å². The van der Waals surface area contributed by atoms with Crippen molar-refractivity contribution in [1.29, 1.82) is 0 Å². The molecule has 0 fully saturated rings. The quantitative estimate of drug-likeness (QED) is 0.166. The zero-order valence-corrected chi connectivity index (χ0v) is 23.6. The highest BCUT2D eigenvalue weighted by Crippen LogP contribution is 2.25. The molecule has 3 aromatic rings. The van der Waals surface area contributed by atoms with E-state index in [1.54, 1.807) is 0 Å². The molecule has 3 rings (SSSR count). The number of aryl methyl sites for hydroxylation is 2. The van der Waals surface area contributed by atoms with Gasteiger partial charge in [-0.25, -0.2) is 0 Å². The van der Waals surface area contributed by atoms with E-state index in [-0.39, 0.29) is 0 Å². The molecule has 0 bridgehead atoms. The molecule has 1 heterocycles. The number of hydrogen-bond donors (Lipinski definition) is 1. The molecule has 0 saturated heterocycles. The maximum absolute atomic E-state index is 6.16. The Morgan fingerprint density at radius 1 is 0.514 bits per heavy atom. The van der Waals surface area contributed by atoms with E-state index in [2.05, 4.69) is 72.6 Å². The molecule has 202 valence electrons. The van der Waals surface area contributed by atoms with Crippen LogP contribution in [-0.4, -0.2) is 14.8 Å². The molecule has 4 heteroatoms. The molecule has 0 unspecified atom stereocenters. The maximum Gasteiger partial charge on any atom is 0.165 e. The number of benzene rings is 2. The second-order valence-electron chi connectivity index (χ2n) is 10.6. The first-order chi connectivity index (χ1) is 18.3. The third kappa shape index (κ3) is 9.74. The molecule has 1 aromatic heterocycles. The zero-order valence-electron chi connectivity index (χ0n) is 23.6. The smallest absolute Gasteiger partial charge is 0.165 e. The molecule has 0 atom stereocenters. The van der Waals surface area contributed by atoms with Crippen molar-refractivity contribution in [3.63, 3.8) is 0 Å². The summed E-state index contributed by atoms with van der Waals surface area (Å²) in [7, 11) is 0. The fourth-order valence-electron chi connectivity index (χ4n) is 5.12. The molecule has 0 aliphatic rings. The van der Waals surface area contributed by atoms with Gasteiger partial charge in [0.05, 0.1) is 6.67 Å². The molecular formula is C33H50N4. The van der Waals surface area contributed by atoms with Gasteiger partial charge in [0, 0.05) is 11.1 Å². The lowest BCUT2D eigenvalue weighted by molar-refractivity contribution is 0.589. The van der Waals surface area contributed by atoms with E-state index in [0.717, 1.165) is 35.6 Å². The highest BCUT2D eigenvalue weighted by atomic mass is 15.3. The Morgan fingerprint density at radius 3 is 1.22 bits per heavy atom. The van der Waals surface area contributed by atoms with Gasteiger partial charge in [0.2, 0.25) is 0 Å². The molecular weight excluding hydrogens is 452 g/mol. The number of hydrogen-bond acceptors (Lipinski definition) is 3. The van der Waals surface area contributed by atoms with Crippen LogP contribution in [0.15, 0.2) is 48.5 Å². The lowest BCUT2D eigenvalue weighted by Gasteiger charge is -2.09. The molecule has 0 saturated carbocycles. The Balaban J connectivity index is 1.51. The van der Waals surface area contributed by atoms with Gasteiger partial charge in [0.1, 0.15) is 0 Å². The summed E-state index contributed by atoms with van der Waals surface area (Å²) in [5.74, 6) is 1.68. The third-order valence-electron chi connectivity index (χ3n) is 7.50. The van der Waals surface area contributed by atoms with Crippen LogP contribution in [0.5, 0.6) is 0 Å². The first-order valence-electron chi connectivity index (χ1n) is 15.1. The highest BCUT2D eigenvalue weighted by molar-refractivity contribution is 5.63. The molecule has 0 aliphatic heterocycles. The first-order valence-corrected chi connectivity index (χ1v) is 15.1. The second kappa shape index (κ2) is 17.1. The summed E-state index contributed by atoms with van der Waals surface area (Å²) >= 11 is 0. The normalized spacial score (nSPS) is 11.3. The Bertz CT molecular complexity index is 909. The molecule has 0 spiro atoms. The van der Waals surface area contributed by atoms with E-state index < -0.39 is 0 Å². The number of aromatic nitrogens is 3. The predicted molar refractivity (Wildman–Crippen MR) is 158 cm³/mol. The van der Waals surface area contributed by atoms with E-state index in [0.29, 0.717) is 6.67 Å². The topological polar surface area (TPSA) is 56.7 Å². The van der Waals surface area contributed by atoms with Gasteiger partial charge in [-0.2, -0.15) is 0 Å². The van der Waals surface area contributed by atoms with Crippen molar-refractivity contribution in [2.24, 2.45) is 5.73 Å². The Morgan fingerprint density at radius 2 is 0.865 bits per heavy atom. The van der Waals surface area contributed by atoms with E-state index >= 15 is 0 Å². The molecule has 0 aliphatic carbocycles. The zero-order chi connectivity index (χ0) is 26.1. The average Bonchev–Trinajstić information content (AvgIpc) is 3.37. The van der Waals surface area contributed by atoms with Crippen LogP contribution in [-0.2, 0) is 19.5 Å². The summed E-state index contributed by atoms with van der Waals surface area (Å²) in [5, 5.41) is 9.04. The fraction of sp³-hybridized carbons (Fsp3) is 0.576. The molecule has 37 heavy (non-hydrogen) atoms. The SMILES string of the molecule is CCCCCCCCCc1ccc(-c2nnc(-c3ccc(CCCCCCCCC)cc3)n2CN)cc1. The van der Waals surface area contributed by atoms with Crippen molar-refractivity contribution in [1.82, 2.24) is 14.8 Å². The van der Waals surface area contributed by atoms with Crippen LogP contribution < -0.4 is 5.73 Å². The summed E-state index contributed by atoms with van der Waals surface area (Å²) < 4.78 is 2.02. The van der Waals surface area contributed by atoms with Gasteiger partial charge < -0.3 is 5.73 Å². The van der Waals surface area contributed by atoms with E-state index in [1.165, 1.54) is 101 Å². The van der Waals surface area contributed by atoms with Gasteiger partial charge >= 0.3 is 0 Å². The summed E-state index contributed by atoms with van der Waals surface area (Å²) in [6, 6.07) is 17.6. The molecule has 2 N–H and O–H groups in total. The van der Waals surface area contributed by atoms with Gasteiger partial charge in [0.15, 0.2) is 11.6 Å². The molecule has 0 radical (unpaired) electrons. The maximum atomic E-state index is 6.16. The van der Waals surface area contributed by atoms with E-state index in [9.17, 15) is 0 Å². The monoisotopic (exact) mass is 502 g/mol. The van der Waals surface area contributed by atoms with Crippen molar-refractivity contribution in [2.75, 3.05) is 0 Å². The van der Waals surface area contributed by atoms with Crippen LogP contribution in [0.25, 0.3) is 22.8 Å². The molecule has 4 nitrogen and oxygen atoms in total. The third-order valence-corrected chi connectivity index (χ3v) is 7.50. The van der Waals surface area contributed by atoms with Gasteiger partial charge in [-0.1, -0.05) is 139 Å². The first kappa shape index (κ1) is 29.1. The molecule has 2 aromatic carbocycles. The molecule has 0 amide bonds. The minimum atomic E-state index is 0.358. The lowest BCUT2D eigenvalue weighted by atomic mass is 10.0. The lowest BCUT2D eigenvalue weighted by Crippen LogP contribution is -2.10. The Kier molecular flexibility index (Phi) is 13.5. The fourth-order valence-corrected chi connectivity index (χ4v) is 5.12. The summed E-state index contributed by atoms with van der Waals surface area (Å²) in [5.41, 5.74) is 11.1. The Hall–Kier alpha value is -2.46. The van der Waals surface area contributed by atoms with E-state index in [4.69, 9.17) is 5.73 Å². The van der Waals surface area contributed by atoms with E-state index in [1.807, 2.05) is 4.57 Å². The van der Waals surface area contributed by atoms with Crippen molar-refractivity contribution < 1.29 is 0 Å². The predicted octanol–water partition coefficient (Wildman–Crippen LogP) is 9.11. The van der Waals surface area contributed by atoms with Gasteiger partial charge in [-0.15, -0.1) is 10.2 Å². The van der Waals surface area contributed by atoms with Crippen molar-refractivity contribution in [3.8, 4) is 22.8 Å². The van der Waals surface area contributed by atoms with Crippen LogP contribution >= 0.6 is 0 Å². The van der Waals surface area contributed by atoms with Crippen LogP contribution in [0, 0.1) is 0 Å². The standard InChI is InChI=1S/C33H50N4/c1-3-5-7-9-11-13-15-17-28-19-23-30(24-20-28)32-35-36-33(37(32)27-34)31-25-21-29(22-26-31)18-16-14-12-10-8-6-4-2/h19-26H,3-18,27,34H2,1-2H3. The van der Waals surface area contributed by atoms with Gasteiger partial charge in [0.25, 0.3) is 0 Å². The van der Waals surface area contributed by atoms with Gasteiger partial charge in [-0.05, 0) is 36.8 Å². The van der Waals surface area contributed by atoms with Gasteiger partial charge in [-0.3, -0.25) is 4.57 Å².